The van der Waals surface area contributed by atoms with Gasteiger partial charge in [-0.25, -0.2) is 19.2 Å². The molecule has 2 amide bonds. The van der Waals surface area contributed by atoms with Gasteiger partial charge in [0.1, 0.15) is 11.6 Å². The third-order valence-electron chi connectivity index (χ3n) is 4.73. The number of nitrogens with zero attached hydrogens (tertiary/aromatic N) is 5. The number of carboxylic acid groups (broad SMARTS) is 1. The van der Waals surface area contributed by atoms with E-state index in [1.54, 1.807) is 18.7 Å². The summed E-state index contributed by atoms with van der Waals surface area (Å²) in [6, 6.07) is 4.88. The lowest BCUT2D eigenvalue weighted by Crippen LogP contribution is -2.41. The molecule has 0 saturated heterocycles. The zero-order valence-electron chi connectivity index (χ0n) is 15.6. The number of carbonyl (C=O) groups excluding carboxylic acids is 1. The zero-order valence-corrected chi connectivity index (χ0v) is 16.4. The first-order valence-electron chi connectivity index (χ1n) is 8.82. The number of carbonyl (C=O) groups is 2. The van der Waals surface area contributed by atoms with E-state index >= 15 is 0 Å². The monoisotopic (exact) mass is 416 g/mol. The van der Waals surface area contributed by atoms with Crippen LogP contribution in [0.5, 0.6) is 0 Å². The maximum atomic E-state index is 13.2. The number of aryl methyl sites for hydroxylation is 1. The Morgan fingerprint density at radius 2 is 1.97 bits per heavy atom. The van der Waals surface area contributed by atoms with Crippen molar-refractivity contribution >= 4 is 29.4 Å². The average molecular weight is 416 g/mol. The van der Waals surface area contributed by atoms with E-state index in [4.69, 9.17) is 0 Å². The van der Waals surface area contributed by atoms with Gasteiger partial charge >= 0.3 is 6.09 Å². The van der Waals surface area contributed by atoms with Crippen LogP contribution in [0.3, 0.4) is 0 Å². The van der Waals surface area contributed by atoms with Crippen molar-refractivity contribution in [2.45, 2.75) is 26.4 Å². The summed E-state index contributed by atoms with van der Waals surface area (Å²) in [5.41, 5.74) is 0.927. The van der Waals surface area contributed by atoms with Gasteiger partial charge in [0.05, 0.1) is 11.7 Å². The fraction of sp³-hybridized carbons (Fsp3) is 0.278. The van der Waals surface area contributed by atoms with Gasteiger partial charge in [0.25, 0.3) is 5.91 Å². The maximum absolute atomic E-state index is 13.2. The number of benzene rings is 1. The van der Waals surface area contributed by atoms with Crippen molar-refractivity contribution in [1.29, 1.82) is 0 Å². The van der Waals surface area contributed by atoms with Crippen LogP contribution in [0, 0.1) is 12.7 Å². The molecule has 3 aromatic rings. The second-order valence-electron chi connectivity index (χ2n) is 6.58. The number of anilines is 1. The molecule has 0 bridgehead atoms. The molecule has 150 valence electrons. The summed E-state index contributed by atoms with van der Waals surface area (Å²) < 4.78 is 19.2. The molecule has 4 rings (SSSR count). The molecule has 0 fully saturated rings. The third-order valence-corrected chi connectivity index (χ3v) is 5.53. The van der Waals surface area contributed by atoms with Crippen LogP contribution in [0.25, 0.3) is 10.8 Å². The summed E-state index contributed by atoms with van der Waals surface area (Å²) >= 11 is 1.18. The Labute approximate surface area is 169 Å². The highest BCUT2D eigenvalue weighted by Crippen LogP contribution is 2.36. The lowest BCUT2D eigenvalue weighted by atomic mass is 10.1. The predicted octanol–water partition coefficient (Wildman–Crippen LogP) is 3.16. The average Bonchev–Trinajstić information content (AvgIpc) is 3.26. The van der Waals surface area contributed by atoms with E-state index in [0.717, 1.165) is 0 Å². The number of rotatable bonds is 3. The van der Waals surface area contributed by atoms with E-state index in [2.05, 4.69) is 19.7 Å². The molecule has 2 aromatic heterocycles. The Bertz CT molecular complexity index is 1090. The summed E-state index contributed by atoms with van der Waals surface area (Å²) in [6.45, 7) is 4.37. The number of imidazole rings is 1. The second kappa shape index (κ2) is 7.24. The van der Waals surface area contributed by atoms with Crippen LogP contribution >= 0.6 is 11.5 Å². The van der Waals surface area contributed by atoms with Crippen molar-refractivity contribution in [3.63, 3.8) is 0 Å². The van der Waals surface area contributed by atoms with Gasteiger partial charge in [-0.3, -0.25) is 10.1 Å². The highest BCUT2D eigenvalue weighted by molar-refractivity contribution is 7.09. The van der Waals surface area contributed by atoms with E-state index in [0.29, 0.717) is 41.0 Å². The summed E-state index contributed by atoms with van der Waals surface area (Å²) in [5, 5.41) is 12.1. The molecule has 2 N–H and O–H groups in total. The molecule has 1 atom stereocenters. The van der Waals surface area contributed by atoms with Crippen molar-refractivity contribution in [3.05, 3.63) is 47.2 Å². The van der Waals surface area contributed by atoms with Crippen LogP contribution in [-0.4, -0.2) is 47.5 Å². The summed E-state index contributed by atoms with van der Waals surface area (Å²) in [7, 11) is 0. The number of amides is 2. The number of hydrogen-bond donors (Lipinski definition) is 2. The highest BCUT2D eigenvalue weighted by atomic mass is 32.1. The third kappa shape index (κ3) is 3.44. The Balaban J connectivity index is 1.74. The number of nitrogens with one attached hydrogen (secondary N) is 1. The van der Waals surface area contributed by atoms with Crippen LogP contribution in [0.4, 0.5) is 15.0 Å². The Kier molecular flexibility index (Phi) is 4.74. The number of aromatic nitrogens is 4. The molecular formula is C18H17FN6O3S. The van der Waals surface area contributed by atoms with Crippen molar-refractivity contribution in [2.75, 3.05) is 11.9 Å². The van der Waals surface area contributed by atoms with Crippen LogP contribution < -0.4 is 5.32 Å². The molecule has 1 aliphatic heterocycles. The summed E-state index contributed by atoms with van der Waals surface area (Å²) in [4.78, 5) is 34.6. The van der Waals surface area contributed by atoms with Gasteiger partial charge < -0.3 is 14.6 Å². The van der Waals surface area contributed by atoms with Gasteiger partial charge in [0.2, 0.25) is 0 Å². The van der Waals surface area contributed by atoms with Crippen molar-refractivity contribution < 1.29 is 19.1 Å². The van der Waals surface area contributed by atoms with Gasteiger partial charge in [-0.15, -0.1) is 0 Å². The molecule has 0 saturated carbocycles. The summed E-state index contributed by atoms with van der Waals surface area (Å²) in [6.07, 6.45) is -1.25. The fourth-order valence-electron chi connectivity index (χ4n) is 3.44. The lowest BCUT2D eigenvalue weighted by Gasteiger charge is -2.35. The predicted molar refractivity (Wildman–Crippen MR) is 103 cm³/mol. The van der Waals surface area contributed by atoms with Crippen LogP contribution in [0.1, 0.15) is 34.8 Å². The largest absolute Gasteiger partial charge is 0.465 e. The van der Waals surface area contributed by atoms with Crippen LogP contribution in [0.2, 0.25) is 0 Å². The maximum Gasteiger partial charge on any atom is 0.410 e. The quantitative estimate of drug-likeness (QED) is 0.678. The minimum Gasteiger partial charge on any atom is -0.465 e. The Morgan fingerprint density at radius 3 is 2.59 bits per heavy atom. The Hall–Kier alpha value is -3.34. The first-order chi connectivity index (χ1) is 13.8. The molecule has 1 aromatic carbocycles. The van der Waals surface area contributed by atoms with E-state index < -0.39 is 18.0 Å². The first-order valence-corrected chi connectivity index (χ1v) is 9.60. The minimum atomic E-state index is -1.25. The van der Waals surface area contributed by atoms with Crippen molar-refractivity contribution in [1.82, 2.24) is 23.8 Å². The molecule has 1 aliphatic rings. The highest BCUT2D eigenvalue weighted by Gasteiger charge is 2.34. The number of hydrogen-bond acceptors (Lipinski definition) is 6. The second-order valence-corrected chi connectivity index (χ2v) is 7.33. The molecule has 0 unspecified atom stereocenters. The molecule has 0 radical (unpaired) electrons. The van der Waals surface area contributed by atoms with Crippen molar-refractivity contribution in [2.24, 2.45) is 0 Å². The smallest absolute Gasteiger partial charge is 0.410 e. The standard InChI is InChI=1S/C18H17FN6O3S/c1-9-13-14(22-18(27)28)21-15(16-20-10(2)23-29-16)25(13)8-7-24(9)17(26)11-3-5-12(19)6-4-11/h3-6,9,22H,7-8H2,1-2H3,(H,27,28)/t9-/m1/s1. The zero-order chi connectivity index (χ0) is 20.7. The van der Waals surface area contributed by atoms with E-state index in [1.165, 1.54) is 35.8 Å². The van der Waals surface area contributed by atoms with Gasteiger partial charge in [-0.2, -0.15) is 4.37 Å². The van der Waals surface area contributed by atoms with Gasteiger partial charge in [0.15, 0.2) is 16.6 Å². The first kappa shape index (κ1) is 19.0. The Morgan fingerprint density at radius 1 is 1.24 bits per heavy atom. The number of fused-ring (bicyclic) bond motifs is 1. The summed E-state index contributed by atoms with van der Waals surface area (Å²) in [5.74, 6) is 0.586. The molecule has 29 heavy (non-hydrogen) atoms. The topological polar surface area (TPSA) is 113 Å². The van der Waals surface area contributed by atoms with E-state index in [-0.39, 0.29) is 11.7 Å². The van der Waals surface area contributed by atoms with Gasteiger partial charge in [-0.05, 0) is 49.6 Å². The molecule has 0 aliphatic carbocycles. The van der Waals surface area contributed by atoms with Crippen molar-refractivity contribution in [3.8, 4) is 10.8 Å². The van der Waals surface area contributed by atoms with E-state index in [9.17, 15) is 19.1 Å². The van der Waals surface area contributed by atoms with Gasteiger partial charge in [0, 0.05) is 18.7 Å². The van der Waals surface area contributed by atoms with Crippen LogP contribution in [-0.2, 0) is 6.54 Å². The molecule has 0 spiro atoms. The number of halogens is 1. The minimum absolute atomic E-state index is 0.157. The van der Waals surface area contributed by atoms with Crippen LogP contribution in [0.15, 0.2) is 24.3 Å². The van der Waals surface area contributed by atoms with Gasteiger partial charge in [-0.1, -0.05) is 0 Å². The molecule has 3 heterocycles. The van der Waals surface area contributed by atoms with E-state index in [1.807, 2.05) is 4.57 Å². The molecule has 9 nitrogen and oxygen atoms in total. The fourth-order valence-corrected chi connectivity index (χ4v) is 4.11. The SMILES string of the molecule is Cc1nsc(-c2nc(NC(=O)O)c3n2CCN(C(=O)c2ccc(F)cc2)[C@@H]3C)n1. The molecular weight excluding hydrogens is 399 g/mol. The lowest BCUT2D eigenvalue weighted by molar-refractivity contribution is 0.0646. The normalized spacial score (nSPS) is 15.8. The molecule has 11 heteroatoms.